The molecule has 0 aliphatic carbocycles. The van der Waals surface area contributed by atoms with Gasteiger partial charge in [0.05, 0.1) is 6.04 Å². The van der Waals surface area contributed by atoms with Crippen LogP contribution in [0.2, 0.25) is 0 Å². The van der Waals surface area contributed by atoms with Crippen molar-refractivity contribution >= 4 is 11.6 Å². The molecule has 0 bridgehead atoms. The Labute approximate surface area is 97.0 Å². The summed E-state index contributed by atoms with van der Waals surface area (Å²) >= 11 is 0. The minimum absolute atomic E-state index is 0.142. The van der Waals surface area contributed by atoms with E-state index in [1.165, 1.54) is 0 Å². The summed E-state index contributed by atoms with van der Waals surface area (Å²) < 4.78 is 0. The van der Waals surface area contributed by atoms with E-state index in [4.69, 9.17) is 5.73 Å². The highest BCUT2D eigenvalue weighted by Crippen LogP contribution is 2.19. The molecular formula is C13H20N2O. The Morgan fingerprint density at radius 3 is 2.19 bits per heavy atom. The second kappa shape index (κ2) is 4.66. The molecule has 1 aromatic carbocycles. The third-order valence-electron chi connectivity index (χ3n) is 2.53. The number of anilines is 1. The molecule has 0 saturated carbocycles. The Balaban J connectivity index is 2.68. The Kier molecular flexibility index (Phi) is 3.70. The van der Waals surface area contributed by atoms with Gasteiger partial charge in [-0.05, 0) is 24.5 Å². The third-order valence-corrected chi connectivity index (χ3v) is 2.53. The quantitative estimate of drug-likeness (QED) is 0.803. The zero-order valence-corrected chi connectivity index (χ0v) is 10.4. The SMILES string of the molecule is Cc1ccc(NC(=O)[C@H](N)C(C)(C)C)cc1. The van der Waals surface area contributed by atoms with Crippen LogP contribution >= 0.6 is 0 Å². The number of hydrogen-bond acceptors (Lipinski definition) is 2. The highest BCUT2D eigenvalue weighted by Gasteiger charge is 2.27. The number of amides is 1. The maximum absolute atomic E-state index is 11.8. The topological polar surface area (TPSA) is 55.1 Å². The smallest absolute Gasteiger partial charge is 0.241 e. The van der Waals surface area contributed by atoms with E-state index in [2.05, 4.69) is 5.32 Å². The van der Waals surface area contributed by atoms with Crippen molar-refractivity contribution in [3.05, 3.63) is 29.8 Å². The molecule has 1 atom stereocenters. The van der Waals surface area contributed by atoms with Gasteiger partial charge in [0, 0.05) is 5.69 Å². The van der Waals surface area contributed by atoms with Gasteiger partial charge in [0.1, 0.15) is 0 Å². The van der Waals surface area contributed by atoms with Crippen LogP contribution in [0.3, 0.4) is 0 Å². The largest absolute Gasteiger partial charge is 0.325 e. The second-order valence-corrected chi connectivity index (χ2v) is 5.20. The Morgan fingerprint density at radius 2 is 1.75 bits per heavy atom. The van der Waals surface area contributed by atoms with Crippen molar-refractivity contribution in [2.24, 2.45) is 11.1 Å². The molecule has 88 valence electrons. The van der Waals surface area contributed by atoms with Crippen LogP contribution < -0.4 is 11.1 Å². The van der Waals surface area contributed by atoms with Gasteiger partial charge in [0.25, 0.3) is 0 Å². The molecule has 0 fully saturated rings. The van der Waals surface area contributed by atoms with E-state index in [-0.39, 0.29) is 11.3 Å². The fraction of sp³-hybridized carbons (Fsp3) is 0.462. The van der Waals surface area contributed by atoms with E-state index in [1.807, 2.05) is 52.0 Å². The van der Waals surface area contributed by atoms with Crippen LogP contribution in [0, 0.1) is 12.3 Å². The van der Waals surface area contributed by atoms with Crippen LogP contribution in [0.25, 0.3) is 0 Å². The first-order chi connectivity index (χ1) is 7.30. The van der Waals surface area contributed by atoms with Gasteiger partial charge in [-0.25, -0.2) is 0 Å². The molecule has 1 rings (SSSR count). The fourth-order valence-corrected chi connectivity index (χ4v) is 1.25. The molecule has 0 spiro atoms. The van der Waals surface area contributed by atoms with E-state index in [0.717, 1.165) is 11.3 Å². The first kappa shape index (κ1) is 12.7. The van der Waals surface area contributed by atoms with Crippen molar-refractivity contribution in [2.45, 2.75) is 33.7 Å². The number of benzene rings is 1. The number of nitrogens with one attached hydrogen (secondary N) is 1. The van der Waals surface area contributed by atoms with Gasteiger partial charge in [-0.1, -0.05) is 38.5 Å². The van der Waals surface area contributed by atoms with Crippen molar-refractivity contribution in [1.29, 1.82) is 0 Å². The molecule has 3 N–H and O–H groups in total. The molecular weight excluding hydrogens is 200 g/mol. The average molecular weight is 220 g/mol. The summed E-state index contributed by atoms with van der Waals surface area (Å²) in [5.74, 6) is -0.142. The second-order valence-electron chi connectivity index (χ2n) is 5.20. The normalized spacial score (nSPS) is 13.3. The van der Waals surface area contributed by atoms with E-state index in [1.54, 1.807) is 0 Å². The van der Waals surface area contributed by atoms with Gasteiger partial charge in [-0.15, -0.1) is 0 Å². The minimum atomic E-state index is -0.506. The first-order valence-corrected chi connectivity index (χ1v) is 5.44. The number of nitrogens with two attached hydrogens (primary N) is 1. The highest BCUT2D eigenvalue weighted by atomic mass is 16.2. The van der Waals surface area contributed by atoms with Gasteiger partial charge in [-0.3, -0.25) is 4.79 Å². The molecule has 0 radical (unpaired) electrons. The molecule has 0 heterocycles. The van der Waals surface area contributed by atoms with Crippen LogP contribution in [-0.2, 0) is 4.79 Å². The van der Waals surface area contributed by atoms with E-state index < -0.39 is 6.04 Å². The highest BCUT2D eigenvalue weighted by molar-refractivity contribution is 5.95. The van der Waals surface area contributed by atoms with Gasteiger partial charge < -0.3 is 11.1 Å². The van der Waals surface area contributed by atoms with E-state index >= 15 is 0 Å². The summed E-state index contributed by atoms with van der Waals surface area (Å²) in [6.45, 7) is 7.86. The Hall–Kier alpha value is -1.35. The van der Waals surface area contributed by atoms with Gasteiger partial charge in [-0.2, -0.15) is 0 Å². The van der Waals surface area contributed by atoms with Gasteiger partial charge in [0.2, 0.25) is 5.91 Å². The van der Waals surface area contributed by atoms with E-state index in [0.29, 0.717) is 0 Å². The molecule has 0 aliphatic heterocycles. The monoisotopic (exact) mass is 220 g/mol. The van der Waals surface area contributed by atoms with Crippen LogP contribution in [0.15, 0.2) is 24.3 Å². The summed E-state index contributed by atoms with van der Waals surface area (Å²) in [6, 6.07) is 7.16. The van der Waals surface area contributed by atoms with Crippen molar-refractivity contribution < 1.29 is 4.79 Å². The molecule has 0 unspecified atom stereocenters. The molecule has 1 amide bonds. The summed E-state index contributed by atoms with van der Waals surface area (Å²) in [5, 5.41) is 2.81. The number of hydrogen-bond donors (Lipinski definition) is 2. The molecule has 0 aromatic heterocycles. The summed E-state index contributed by atoms with van der Waals surface area (Å²) in [6.07, 6.45) is 0. The zero-order chi connectivity index (χ0) is 12.3. The molecule has 3 nitrogen and oxygen atoms in total. The lowest BCUT2D eigenvalue weighted by Crippen LogP contribution is -2.45. The lowest BCUT2D eigenvalue weighted by Gasteiger charge is -2.25. The lowest BCUT2D eigenvalue weighted by atomic mass is 9.87. The van der Waals surface area contributed by atoms with Crippen molar-refractivity contribution in [1.82, 2.24) is 0 Å². The van der Waals surface area contributed by atoms with E-state index in [9.17, 15) is 4.79 Å². The first-order valence-electron chi connectivity index (χ1n) is 5.44. The van der Waals surface area contributed by atoms with Crippen LogP contribution in [-0.4, -0.2) is 11.9 Å². The number of aryl methyl sites for hydroxylation is 1. The molecule has 16 heavy (non-hydrogen) atoms. The molecule has 3 heteroatoms. The predicted octanol–water partition coefficient (Wildman–Crippen LogP) is 2.31. The van der Waals surface area contributed by atoms with Crippen molar-refractivity contribution in [2.75, 3.05) is 5.32 Å². The van der Waals surface area contributed by atoms with Crippen molar-refractivity contribution in [3.63, 3.8) is 0 Å². The summed E-state index contributed by atoms with van der Waals surface area (Å²) in [7, 11) is 0. The maximum atomic E-state index is 11.8. The summed E-state index contributed by atoms with van der Waals surface area (Å²) in [4.78, 5) is 11.8. The van der Waals surface area contributed by atoms with Gasteiger partial charge in [0.15, 0.2) is 0 Å². The molecule has 1 aromatic rings. The van der Waals surface area contributed by atoms with Crippen molar-refractivity contribution in [3.8, 4) is 0 Å². The predicted molar refractivity (Wildman–Crippen MR) is 67.2 cm³/mol. The zero-order valence-electron chi connectivity index (χ0n) is 10.4. The van der Waals surface area contributed by atoms with Gasteiger partial charge >= 0.3 is 0 Å². The average Bonchev–Trinajstić information content (AvgIpc) is 2.19. The van der Waals surface area contributed by atoms with Crippen LogP contribution in [0.4, 0.5) is 5.69 Å². The third kappa shape index (κ3) is 3.35. The fourth-order valence-electron chi connectivity index (χ4n) is 1.25. The summed E-state index contributed by atoms with van der Waals surface area (Å²) in [5.41, 5.74) is 7.58. The maximum Gasteiger partial charge on any atom is 0.241 e. The Bertz CT molecular complexity index is 363. The number of carbonyl (C=O) groups is 1. The minimum Gasteiger partial charge on any atom is -0.325 e. The number of rotatable bonds is 2. The standard InChI is InChI=1S/C13H20N2O/c1-9-5-7-10(8-6-9)15-12(16)11(14)13(2,3)4/h5-8,11H,14H2,1-4H3,(H,15,16)/t11-/m0/s1. The lowest BCUT2D eigenvalue weighted by molar-refractivity contribution is -0.119. The number of carbonyl (C=O) groups excluding carboxylic acids is 1. The molecule has 0 aliphatic rings. The molecule has 0 saturated heterocycles. The van der Waals surface area contributed by atoms with Crippen LogP contribution in [0.1, 0.15) is 26.3 Å². The Morgan fingerprint density at radius 1 is 1.25 bits per heavy atom. The van der Waals surface area contributed by atoms with Crippen LogP contribution in [0.5, 0.6) is 0 Å².